The number of carboxylic acids is 1. The van der Waals surface area contributed by atoms with Gasteiger partial charge in [0, 0.05) is 13.0 Å². The highest BCUT2D eigenvalue weighted by molar-refractivity contribution is 5.87. The number of hydrogen-bond donors (Lipinski definition) is 1. The van der Waals surface area contributed by atoms with Crippen molar-refractivity contribution in [2.24, 2.45) is 11.8 Å². The van der Waals surface area contributed by atoms with Crippen molar-refractivity contribution in [3.05, 3.63) is 29.8 Å². The van der Waals surface area contributed by atoms with Crippen LogP contribution in [0.2, 0.25) is 0 Å². The van der Waals surface area contributed by atoms with Crippen LogP contribution in [0.4, 0.5) is 0 Å². The molecular weight excluding hydrogens is 294 g/mol. The van der Waals surface area contributed by atoms with Crippen molar-refractivity contribution in [1.82, 2.24) is 4.90 Å². The van der Waals surface area contributed by atoms with Crippen molar-refractivity contribution < 1.29 is 19.4 Å². The summed E-state index contributed by atoms with van der Waals surface area (Å²) in [6.45, 7) is 7.47. The molecule has 0 aliphatic carbocycles. The molecule has 0 saturated carbocycles. The molecule has 1 heterocycles. The van der Waals surface area contributed by atoms with Crippen LogP contribution < -0.4 is 4.74 Å². The Bertz CT molecular complexity index is 553. The number of carbonyl (C=O) groups is 2. The molecule has 1 aliphatic rings. The van der Waals surface area contributed by atoms with Gasteiger partial charge >= 0.3 is 5.97 Å². The fourth-order valence-corrected chi connectivity index (χ4v) is 2.91. The van der Waals surface area contributed by atoms with Gasteiger partial charge in [0.2, 0.25) is 5.91 Å². The van der Waals surface area contributed by atoms with Gasteiger partial charge in [-0.05, 0) is 42.5 Å². The molecule has 0 unspecified atom stereocenters. The van der Waals surface area contributed by atoms with Crippen molar-refractivity contribution in [3.63, 3.8) is 0 Å². The average Bonchev–Trinajstić information content (AvgIpc) is 2.86. The summed E-state index contributed by atoms with van der Waals surface area (Å²) in [5.74, 6) is 0.629. The Morgan fingerprint density at radius 3 is 2.52 bits per heavy atom. The standard InChI is InChI=1S/C18H25NO4/c1-12(2)10-17(20)19-9-8-13(3)16(19)11-23-15-6-4-14(5-7-15)18(21)22/h4-7,12-13,16H,8-11H2,1-3H3,(H,21,22)/t13-,16+/m0/s1. The normalized spacial score (nSPS) is 20.8. The zero-order chi connectivity index (χ0) is 17.0. The molecule has 1 fully saturated rings. The maximum Gasteiger partial charge on any atom is 0.335 e. The molecule has 0 bridgehead atoms. The molecular formula is C18H25NO4. The van der Waals surface area contributed by atoms with Gasteiger partial charge in [-0.2, -0.15) is 0 Å². The SMILES string of the molecule is CC(C)CC(=O)N1CC[C@H](C)[C@H]1COc1ccc(C(=O)O)cc1. The number of amides is 1. The van der Waals surface area contributed by atoms with Gasteiger partial charge in [-0.25, -0.2) is 4.79 Å². The van der Waals surface area contributed by atoms with Gasteiger partial charge in [-0.15, -0.1) is 0 Å². The highest BCUT2D eigenvalue weighted by Gasteiger charge is 2.34. The van der Waals surface area contributed by atoms with Crippen LogP contribution in [0.25, 0.3) is 0 Å². The molecule has 5 nitrogen and oxygen atoms in total. The minimum atomic E-state index is -0.952. The van der Waals surface area contributed by atoms with Crippen molar-refractivity contribution in [1.29, 1.82) is 0 Å². The van der Waals surface area contributed by atoms with Crippen LogP contribution >= 0.6 is 0 Å². The lowest BCUT2D eigenvalue weighted by Gasteiger charge is -2.27. The molecule has 1 aliphatic heterocycles. The summed E-state index contributed by atoms with van der Waals surface area (Å²) in [6, 6.07) is 6.45. The van der Waals surface area contributed by atoms with Gasteiger partial charge < -0.3 is 14.7 Å². The first kappa shape index (κ1) is 17.3. The van der Waals surface area contributed by atoms with Crippen LogP contribution in [0.3, 0.4) is 0 Å². The fourth-order valence-electron chi connectivity index (χ4n) is 2.91. The Hall–Kier alpha value is -2.04. The maximum absolute atomic E-state index is 12.3. The van der Waals surface area contributed by atoms with E-state index in [-0.39, 0.29) is 17.5 Å². The Labute approximate surface area is 137 Å². The molecule has 1 aromatic rings. The molecule has 0 radical (unpaired) electrons. The molecule has 2 atom stereocenters. The Morgan fingerprint density at radius 1 is 1.30 bits per heavy atom. The third-order valence-electron chi connectivity index (χ3n) is 4.31. The number of ether oxygens (including phenoxy) is 1. The number of rotatable bonds is 6. The molecule has 1 amide bonds. The minimum Gasteiger partial charge on any atom is -0.491 e. The van der Waals surface area contributed by atoms with Crippen molar-refractivity contribution >= 4 is 11.9 Å². The largest absolute Gasteiger partial charge is 0.491 e. The molecule has 1 N–H and O–H groups in total. The zero-order valence-electron chi connectivity index (χ0n) is 14.0. The lowest BCUT2D eigenvalue weighted by molar-refractivity contribution is -0.133. The lowest BCUT2D eigenvalue weighted by atomic mass is 10.0. The van der Waals surface area contributed by atoms with Gasteiger partial charge in [0.05, 0.1) is 11.6 Å². The number of benzene rings is 1. The summed E-state index contributed by atoms with van der Waals surface area (Å²) >= 11 is 0. The third kappa shape index (κ3) is 4.47. The molecule has 23 heavy (non-hydrogen) atoms. The zero-order valence-corrected chi connectivity index (χ0v) is 14.0. The topological polar surface area (TPSA) is 66.8 Å². The molecule has 0 aromatic heterocycles. The lowest BCUT2D eigenvalue weighted by Crippen LogP contribution is -2.41. The van der Waals surface area contributed by atoms with Gasteiger partial charge in [-0.1, -0.05) is 20.8 Å². The number of hydrogen-bond acceptors (Lipinski definition) is 3. The quantitative estimate of drug-likeness (QED) is 0.875. The van der Waals surface area contributed by atoms with Crippen molar-refractivity contribution in [3.8, 4) is 5.75 Å². The summed E-state index contributed by atoms with van der Waals surface area (Å²) < 4.78 is 5.79. The summed E-state index contributed by atoms with van der Waals surface area (Å²) in [5, 5.41) is 8.90. The molecule has 2 rings (SSSR count). The maximum atomic E-state index is 12.3. The molecule has 1 aromatic carbocycles. The summed E-state index contributed by atoms with van der Waals surface area (Å²) in [5.41, 5.74) is 0.236. The van der Waals surface area contributed by atoms with E-state index in [0.29, 0.717) is 30.6 Å². The molecule has 1 saturated heterocycles. The molecule has 0 spiro atoms. The second-order valence-corrected chi connectivity index (χ2v) is 6.66. The fraction of sp³-hybridized carbons (Fsp3) is 0.556. The average molecular weight is 319 g/mol. The number of carboxylic acid groups (broad SMARTS) is 1. The number of likely N-dealkylation sites (tertiary alicyclic amines) is 1. The third-order valence-corrected chi connectivity index (χ3v) is 4.31. The van der Waals surface area contributed by atoms with E-state index in [2.05, 4.69) is 6.92 Å². The summed E-state index contributed by atoms with van der Waals surface area (Å²) in [6.07, 6.45) is 1.56. The van der Waals surface area contributed by atoms with E-state index in [1.807, 2.05) is 18.7 Å². The van der Waals surface area contributed by atoms with Crippen LogP contribution in [-0.2, 0) is 4.79 Å². The van der Waals surface area contributed by atoms with Crippen LogP contribution in [0.15, 0.2) is 24.3 Å². The smallest absolute Gasteiger partial charge is 0.335 e. The van der Waals surface area contributed by atoms with E-state index in [0.717, 1.165) is 13.0 Å². The van der Waals surface area contributed by atoms with E-state index < -0.39 is 5.97 Å². The first-order valence-electron chi connectivity index (χ1n) is 8.14. The first-order valence-corrected chi connectivity index (χ1v) is 8.14. The number of nitrogens with zero attached hydrogens (tertiary/aromatic N) is 1. The van der Waals surface area contributed by atoms with Gasteiger partial charge in [-0.3, -0.25) is 4.79 Å². The van der Waals surface area contributed by atoms with Crippen molar-refractivity contribution in [2.45, 2.75) is 39.7 Å². The Balaban J connectivity index is 1.96. The van der Waals surface area contributed by atoms with E-state index >= 15 is 0 Å². The Kier molecular flexibility index (Phi) is 5.64. The van der Waals surface area contributed by atoms with Gasteiger partial charge in [0.25, 0.3) is 0 Å². The predicted octanol–water partition coefficient (Wildman–Crippen LogP) is 3.05. The van der Waals surface area contributed by atoms with Crippen LogP contribution in [-0.4, -0.2) is 41.1 Å². The Morgan fingerprint density at radius 2 is 1.96 bits per heavy atom. The second-order valence-electron chi connectivity index (χ2n) is 6.66. The number of aromatic carboxylic acids is 1. The summed E-state index contributed by atoms with van der Waals surface area (Å²) in [7, 11) is 0. The van der Waals surface area contributed by atoms with E-state index in [9.17, 15) is 9.59 Å². The van der Waals surface area contributed by atoms with Crippen LogP contribution in [0.1, 0.15) is 44.0 Å². The highest BCUT2D eigenvalue weighted by atomic mass is 16.5. The predicted molar refractivity (Wildman–Crippen MR) is 87.6 cm³/mol. The summed E-state index contributed by atoms with van der Waals surface area (Å²) in [4.78, 5) is 25.1. The second kappa shape index (κ2) is 7.49. The number of carbonyl (C=O) groups excluding carboxylic acids is 1. The van der Waals surface area contributed by atoms with Crippen LogP contribution in [0, 0.1) is 11.8 Å². The minimum absolute atomic E-state index is 0.0837. The van der Waals surface area contributed by atoms with Crippen LogP contribution in [0.5, 0.6) is 5.75 Å². The highest BCUT2D eigenvalue weighted by Crippen LogP contribution is 2.26. The van der Waals surface area contributed by atoms with Gasteiger partial charge in [0.15, 0.2) is 0 Å². The first-order chi connectivity index (χ1) is 10.9. The van der Waals surface area contributed by atoms with Gasteiger partial charge in [0.1, 0.15) is 12.4 Å². The molecule has 5 heteroatoms. The molecule has 126 valence electrons. The van der Waals surface area contributed by atoms with E-state index in [4.69, 9.17) is 9.84 Å². The van der Waals surface area contributed by atoms with E-state index in [1.165, 1.54) is 12.1 Å². The van der Waals surface area contributed by atoms with Crippen molar-refractivity contribution in [2.75, 3.05) is 13.2 Å². The van der Waals surface area contributed by atoms with E-state index in [1.54, 1.807) is 12.1 Å². The monoisotopic (exact) mass is 319 g/mol.